The van der Waals surface area contributed by atoms with Gasteiger partial charge in [0.1, 0.15) is 0 Å². The molecule has 6 heteroatoms. The predicted molar refractivity (Wildman–Crippen MR) is 84.2 cm³/mol. The molecule has 1 aliphatic carbocycles. The van der Waals surface area contributed by atoms with Crippen molar-refractivity contribution in [2.75, 3.05) is 19.6 Å². The molecule has 0 radical (unpaired) electrons. The zero-order valence-corrected chi connectivity index (χ0v) is 13.9. The number of nitrogens with one attached hydrogen (secondary N) is 1. The van der Waals surface area contributed by atoms with Crippen molar-refractivity contribution in [1.82, 2.24) is 10.2 Å². The third kappa shape index (κ3) is 2.00. The molecule has 0 saturated carbocycles. The van der Waals surface area contributed by atoms with Crippen molar-refractivity contribution >= 4 is 11.7 Å². The largest absolute Gasteiger partial charge is 0.342 e. The van der Waals surface area contributed by atoms with Gasteiger partial charge in [0.2, 0.25) is 5.91 Å². The number of amides is 1. The average Bonchev–Trinajstić information content (AvgIpc) is 3.04. The number of fused-ring (bicyclic) bond motifs is 2. The van der Waals surface area contributed by atoms with Gasteiger partial charge in [0, 0.05) is 48.7 Å². The molecule has 0 bridgehead atoms. The molecule has 1 spiro atoms. The average molecular weight is 314 g/mol. The van der Waals surface area contributed by atoms with Crippen LogP contribution in [-0.4, -0.2) is 36.2 Å². The number of ketones is 1. The normalized spacial score (nSPS) is 31.6. The topological polar surface area (TPSA) is 74.1 Å². The molecule has 0 aromatic rings. The van der Waals surface area contributed by atoms with E-state index in [1.807, 2.05) is 4.90 Å². The number of Topliss-reactive ketones (excluding diaryl/α,β-unsaturated/α-hetero) is 1. The summed E-state index contributed by atoms with van der Waals surface area (Å²) in [5.74, 6) is 1.09. The molecule has 23 heavy (non-hydrogen) atoms. The first kappa shape index (κ1) is 14.6. The minimum Gasteiger partial charge on any atom is -0.342 e. The van der Waals surface area contributed by atoms with Crippen LogP contribution in [0.25, 0.3) is 0 Å². The molecule has 122 valence electrons. The molecular formula is C17H22N4O2. The van der Waals surface area contributed by atoms with E-state index in [1.165, 1.54) is 0 Å². The van der Waals surface area contributed by atoms with Gasteiger partial charge in [-0.15, -0.1) is 5.11 Å². The fourth-order valence-electron chi connectivity index (χ4n) is 4.60. The van der Waals surface area contributed by atoms with E-state index >= 15 is 0 Å². The Bertz CT molecular complexity index is 716. The second-order valence-electron chi connectivity index (χ2n) is 7.92. The monoisotopic (exact) mass is 314 g/mol. The van der Waals surface area contributed by atoms with Crippen LogP contribution >= 0.6 is 0 Å². The van der Waals surface area contributed by atoms with Crippen LogP contribution in [-0.2, 0) is 9.59 Å². The summed E-state index contributed by atoms with van der Waals surface area (Å²) in [6.07, 6.45) is 2.19. The lowest BCUT2D eigenvalue weighted by atomic mass is 9.63. The van der Waals surface area contributed by atoms with Crippen LogP contribution in [0.4, 0.5) is 0 Å². The predicted octanol–water partition coefficient (Wildman–Crippen LogP) is 2.15. The highest BCUT2D eigenvalue weighted by molar-refractivity contribution is 6.00. The van der Waals surface area contributed by atoms with Gasteiger partial charge in [0.15, 0.2) is 11.6 Å². The van der Waals surface area contributed by atoms with Crippen LogP contribution in [0.1, 0.15) is 40.0 Å². The number of carbonyl (C=O) groups excluding carboxylic acids is 2. The van der Waals surface area contributed by atoms with Gasteiger partial charge in [-0.3, -0.25) is 9.59 Å². The Hall–Kier alpha value is -1.98. The molecule has 3 aliphatic heterocycles. The Labute approximate surface area is 135 Å². The second kappa shape index (κ2) is 4.52. The van der Waals surface area contributed by atoms with E-state index in [0.717, 1.165) is 35.5 Å². The minimum absolute atomic E-state index is 0.0449. The lowest BCUT2D eigenvalue weighted by molar-refractivity contribution is -0.128. The number of likely N-dealkylation sites (tertiary alicyclic amines) is 1. The van der Waals surface area contributed by atoms with Crippen LogP contribution < -0.4 is 5.32 Å². The van der Waals surface area contributed by atoms with Crippen LogP contribution in [0.2, 0.25) is 0 Å². The number of dihydropyridines is 1. The smallest absolute Gasteiger partial charge is 0.219 e. The van der Waals surface area contributed by atoms with Crippen molar-refractivity contribution in [1.29, 1.82) is 0 Å². The van der Waals surface area contributed by atoms with Gasteiger partial charge in [-0.2, -0.15) is 5.11 Å². The number of hydrogen-bond acceptors (Lipinski definition) is 5. The van der Waals surface area contributed by atoms with Crippen LogP contribution in [0, 0.1) is 10.8 Å². The van der Waals surface area contributed by atoms with Gasteiger partial charge in [0.05, 0.1) is 6.54 Å². The van der Waals surface area contributed by atoms with Gasteiger partial charge >= 0.3 is 0 Å². The SMILES string of the molecule is CC(=O)N1CC[C@]2(C1)C1=C(N=NC1)NC1=C2C(=O)CC(C)(C)C1. The lowest BCUT2D eigenvalue weighted by Crippen LogP contribution is -2.45. The van der Waals surface area contributed by atoms with Gasteiger partial charge in [-0.1, -0.05) is 13.8 Å². The maximum absolute atomic E-state index is 13.0. The van der Waals surface area contributed by atoms with Crippen LogP contribution in [0.5, 0.6) is 0 Å². The van der Waals surface area contributed by atoms with Gasteiger partial charge in [0.25, 0.3) is 0 Å². The maximum Gasteiger partial charge on any atom is 0.219 e. The summed E-state index contributed by atoms with van der Waals surface area (Å²) in [7, 11) is 0. The standard InChI is InChI=1S/C17H22N4O2/c1-10(22)21-5-4-17(9-21)11-8-18-20-15(11)19-12-6-16(2,3)7-13(23)14(12)17/h19H,4-9H2,1-3H3/t17-/m0/s1. The number of nitrogens with zero attached hydrogens (tertiary/aromatic N) is 3. The van der Waals surface area contributed by atoms with Crippen molar-refractivity contribution in [3.63, 3.8) is 0 Å². The Morgan fingerprint density at radius 3 is 2.78 bits per heavy atom. The third-order valence-corrected chi connectivity index (χ3v) is 5.60. The first-order chi connectivity index (χ1) is 10.8. The van der Waals surface area contributed by atoms with E-state index in [-0.39, 0.29) is 22.5 Å². The molecule has 1 saturated heterocycles. The Kier molecular flexibility index (Phi) is 2.87. The fourth-order valence-corrected chi connectivity index (χ4v) is 4.60. The summed E-state index contributed by atoms with van der Waals surface area (Å²) in [4.78, 5) is 26.7. The number of allylic oxidation sites excluding steroid dienone is 1. The van der Waals surface area contributed by atoms with Gasteiger partial charge in [-0.25, -0.2) is 0 Å². The van der Waals surface area contributed by atoms with E-state index < -0.39 is 0 Å². The van der Waals surface area contributed by atoms with Gasteiger partial charge < -0.3 is 10.2 Å². The van der Waals surface area contributed by atoms with Crippen molar-refractivity contribution in [3.8, 4) is 0 Å². The van der Waals surface area contributed by atoms with E-state index in [0.29, 0.717) is 26.1 Å². The van der Waals surface area contributed by atoms with E-state index in [2.05, 4.69) is 29.4 Å². The van der Waals surface area contributed by atoms with Crippen molar-refractivity contribution in [3.05, 3.63) is 22.7 Å². The molecule has 0 unspecified atom stereocenters. The zero-order chi connectivity index (χ0) is 16.4. The minimum atomic E-state index is -0.376. The molecule has 0 aromatic carbocycles. The maximum atomic E-state index is 13.0. The highest BCUT2D eigenvalue weighted by Gasteiger charge is 2.54. The number of carbonyl (C=O) groups is 2. The summed E-state index contributed by atoms with van der Waals surface area (Å²) in [5, 5.41) is 11.8. The van der Waals surface area contributed by atoms with Crippen LogP contribution in [0.15, 0.2) is 32.9 Å². The number of rotatable bonds is 0. The zero-order valence-electron chi connectivity index (χ0n) is 13.9. The summed E-state index contributed by atoms with van der Waals surface area (Å²) >= 11 is 0. The van der Waals surface area contributed by atoms with Crippen molar-refractivity contribution in [2.24, 2.45) is 21.1 Å². The summed E-state index contributed by atoms with van der Waals surface area (Å²) < 4.78 is 0. The Morgan fingerprint density at radius 2 is 2.09 bits per heavy atom. The molecule has 1 atom stereocenters. The molecule has 4 rings (SSSR count). The van der Waals surface area contributed by atoms with Crippen LogP contribution in [0.3, 0.4) is 0 Å². The number of azo groups is 1. The molecule has 4 aliphatic rings. The molecule has 0 aromatic heterocycles. The Morgan fingerprint density at radius 1 is 1.30 bits per heavy atom. The highest BCUT2D eigenvalue weighted by atomic mass is 16.2. The molecular weight excluding hydrogens is 292 g/mol. The molecule has 1 N–H and O–H groups in total. The van der Waals surface area contributed by atoms with E-state index in [1.54, 1.807) is 6.92 Å². The Balaban J connectivity index is 1.84. The third-order valence-electron chi connectivity index (χ3n) is 5.60. The van der Waals surface area contributed by atoms with E-state index in [4.69, 9.17) is 0 Å². The summed E-state index contributed by atoms with van der Waals surface area (Å²) in [6.45, 7) is 7.65. The highest BCUT2D eigenvalue weighted by Crippen LogP contribution is 2.54. The lowest BCUT2D eigenvalue weighted by Gasteiger charge is -2.43. The summed E-state index contributed by atoms with van der Waals surface area (Å²) in [6, 6.07) is 0. The quantitative estimate of drug-likeness (QED) is 0.744. The van der Waals surface area contributed by atoms with E-state index in [9.17, 15) is 9.59 Å². The second-order valence-corrected chi connectivity index (χ2v) is 7.92. The summed E-state index contributed by atoms with van der Waals surface area (Å²) in [5.41, 5.74) is 2.56. The van der Waals surface area contributed by atoms with Crippen molar-refractivity contribution < 1.29 is 9.59 Å². The first-order valence-electron chi connectivity index (χ1n) is 8.23. The van der Waals surface area contributed by atoms with Gasteiger partial charge in [-0.05, 0) is 18.3 Å². The molecule has 3 heterocycles. The first-order valence-corrected chi connectivity index (χ1v) is 8.23. The number of hydrogen-bond donors (Lipinski definition) is 1. The molecule has 1 fully saturated rings. The van der Waals surface area contributed by atoms with Crippen molar-refractivity contribution in [2.45, 2.75) is 40.0 Å². The molecule has 1 amide bonds. The molecule has 6 nitrogen and oxygen atoms in total. The fraction of sp³-hybridized carbons (Fsp3) is 0.647.